The van der Waals surface area contributed by atoms with Gasteiger partial charge in [0.25, 0.3) is 15.8 Å². The fraction of sp³-hybridized carbons (Fsp3) is 0.421. The van der Waals surface area contributed by atoms with Gasteiger partial charge in [-0.25, -0.2) is 13.4 Å². The number of ether oxygens (including phenoxy) is 1. The van der Waals surface area contributed by atoms with Crippen LogP contribution in [0.3, 0.4) is 0 Å². The van der Waals surface area contributed by atoms with Crippen molar-refractivity contribution in [3.05, 3.63) is 41.1 Å². The lowest BCUT2D eigenvalue weighted by atomic mass is 10.2. The summed E-state index contributed by atoms with van der Waals surface area (Å²) in [4.78, 5) is 14.0. The molecule has 0 atom stereocenters. The Morgan fingerprint density at radius 1 is 1.07 bits per heavy atom. The molecule has 0 amide bonds. The number of nitrogens with zero attached hydrogens (tertiary/aromatic N) is 5. The molecule has 2 aromatic heterocycles. The highest BCUT2D eigenvalue weighted by Gasteiger charge is 2.25. The SMILES string of the molecule is Cc1ccc(S(=O)(=O)NNc2c3c(nc4nc(N5CCOCC5)nn24)CCC3)cc1. The first-order valence-corrected chi connectivity index (χ1v) is 11.5. The summed E-state index contributed by atoms with van der Waals surface area (Å²) in [5.74, 6) is 1.59. The van der Waals surface area contributed by atoms with Crippen LogP contribution in [0.2, 0.25) is 0 Å². The number of sulfonamides is 1. The van der Waals surface area contributed by atoms with Gasteiger partial charge < -0.3 is 9.64 Å². The van der Waals surface area contributed by atoms with Gasteiger partial charge in [0.15, 0.2) is 5.82 Å². The third-order valence-corrected chi connectivity index (χ3v) is 6.69. The second-order valence-electron chi connectivity index (χ2n) is 7.51. The molecule has 1 saturated heterocycles. The molecule has 5 rings (SSSR count). The summed E-state index contributed by atoms with van der Waals surface area (Å²) in [5, 5.41) is 4.61. The first-order valence-electron chi connectivity index (χ1n) is 9.97. The van der Waals surface area contributed by atoms with Crippen LogP contribution in [0.1, 0.15) is 23.2 Å². The molecule has 1 aliphatic heterocycles. The van der Waals surface area contributed by atoms with Crippen molar-refractivity contribution in [2.24, 2.45) is 0 Å². The maximum absolute atomic E-state index is 12.7. The number of aromatic nitrogens is 4. The Kier molecular flexibility index (Phi) is 4.80. The highest BCUT2D eigenvalue weighted by Crippen LogP contribution is 2.29. The summed E-state index contributed by atoms with van der Waals surface area (Å²) in [6, 6.07) is 6.70. The zero-order valence-electron chi connectivity index (χ0n) is 16.6. The second kappa shape index (κ2) is 7.49. The smallest absolute Gasteiger partial charge is 0.257 e. The maximum Gasteiger partial charge on any atom is 0.257 e. The first kappa shape index (κ1) is 19.2. The number of hydrazine groups is 1. The molecule has 10 nitrogen and oxygen atoms in total. The van der Waals surface area contributed by atoms with E-state index in [4.69, 9.17) is 4.74 Å². The van der Waals surface area contributed by atoms with Crippen molar-refractivity contribution >= 4 is 27.6 Å². The molecule has 1 aliphatic carbocycles. The Hall–Kier alpha value is -2.76. The Balaban J connectivity index is 1.49. The molecule has 158 valence electrons. The quantitative estimate of drug-likeness (QED) is 0.579. The summed E-state index contributed by atoms with van der Waals surface area (Å²) in [5.41, 5.74) is 5.79. The van der Waals surface area contributed by atoms with Crippen LogP contribution in [0, 0.1) is 6.92 Å². The highest BCUT2D eigenvalue weighted by atomic mass is 32.2. The van der Waals surface area contributed by atoms with Crippen LogP contribution in [-0.2, 0) is 27.6 Å². The van der Waals surface area contributed by atoms with Crippen LogP contribution in [0.15, 0.2) is 29.2 Å². The van der Waals surface area contributed by atoms with Crippen LogP contribution in [-0.4, -0.2) is 54.3 Å². The summed E-state index contributed by atoms with van der Waals surface area (Å²) < 4.78 is 32.5. The molecule has 11 heteroatoms. The average Bonchev–Trinajstić information content (AvgIpc) is 3.39. The summed E-state index contributed by atoms with van der Waals surface area (Å²) in [7, 11) is -3.74. The van der Waals surface area contributed by atoms with Crippen molar-refractivity contribution in [2.75, 3.05) is 36.6 Å². The first-order chi connectivity index (χ1) is 14.5. The molecule has 1 aromatic carbocycles. The number of nitrogens with one attached hydrogen (secondary N) is 2. The van der Waals surface area contributed by atoms with Gasteiger partial charge in [0.05, 0.1) is 23.8 Å². The number of morpholine rings is 1. The molecule has 0 radical (unpaired) electrons. The zero-order chi connectivity index (χ0) is 20.7. The van der Waals surface area contributed by atoms with Crippen molar-refractivity contribution in [3.63, 3.8) is 0 Å². The molecule has 2 N–H and O–H groups in total. The number of aryl methyl sites for hydroxylation is 2. The second-order valence-corrected chi connectivity index (χ2v) is 9.19. The number of hydrogen-bond donors (Lipinski definition) is 2. The lowest BCUT2D eigenvalue weighted by molar-refractivity contribution is 0.122. The van der Waals surface area contributed by atoms with E-state index in [0.717, 1.165) is 36.1 Å². The van der Waals surface area contributed by atoms with Gasteiger partial charge in [0, 0.05) is 18.7 Å². The molecule has 1 fully saturated rings. The number of rotatable bonds is 5. The fourth-order valence-electron chi connectivity index (χ4n) is 3.79. The van der Waals surface area contributed by atoms with E-state index in [1.807, 2.05) is 11.8 Å². The molecular formula is C19H23N7O3S. The molecule has 0 saturated carbocycles. The summed E-state index contributed by atoms with van der Waals surface area (Å²) in [6.07, 6.45) is 2.61. The van der Waals surface area contributed by atoms with E-state index in [1.165, 1.54) is 0 Å². The molecule has 0 spiro atoms. The van der Waals surface area contributed by atoms with E-state index in [1.54, 1.807) is 28.8 Å². The van der Waals surface area contributed by atoms with Crippen molar-refractivity contribution < 1.29 is 13.2 Å². The number of fused-ring (bicyclic) bond motifs is 2. The summed E-state index contributed by atoms with van der Waals surface area (Å²) in [6.45, 7) is 4.58. The third kappa shape index (κ3) is 3.48. The number of hydrogen-bond acceptors (Lipinski definition) is 8. The van der Waals surface area contributed by atoms with Gasteiger partial charge in [-0.05, 0) is 38.3 Å². The summed E-state index contributed by atoms with van der Waals surface area (Å²) >= 11 is 0. The van der Waals surface area contributed by atoms with E-state index >= 15 is 0 Å². The third-order valence-electron chi connectivity index (χ3n) is 5.43. The fourth-order valence-corrected chi connectivity index (χ4v) is 4.63. The zero-order valence-corrected chi connectivity index (χ0v) is 17.4. The van der Waals surface area contributed by atoms with Crippen LogP contribution in [0.25, 0.3) is 5.78 Å². The highest BCUT2D eigenvalue weighted by molar-refractivity contribution is 7.89. The number of anilines is 2. The van der Waals surface area contributed by atoms with E-state index in [9.17, 15) is 8.42 Å². The minimum atomic E-state index is -3.74. The Morgan fingerprint density at radius 2 is 1.83 bits per heavy atom. The van der Waals surface area contributed by atoms with E-state index < -0.39 is 10.0 Å². The van der Waals surface area contributed by atoms with E-state index in [2.05, 4.69) is 25.3 Å². The van der Waals surface area contributed by atoms with Gasteiger partial charge in [-0.2, -0.15) is 9.50 Å². The molecule has 0 unspecified atom stereocenters. The minimum absolute atomic E-state index is 0.190. The van der Waals surface area contributed by atoms with Crippen LogP contribution >= 0.6 is 0 Å². The average molecular weight is 430 g/mol. The largest absolute Gasteiger partial charge is 0.378 e. The maximum atomic E-state index is 12.7. The molecular weight excluding hydrogens is 406 g/mol. The lowest BCUT2D eigenvalue weighted by Gasteiger charge is -2.25. The number of benzene rings is 1. The standard InChI is InChI=1S/C19H23N7O3S/c1-13-5-7-14(8-6-13)30(27,28)24-22-17-15-3-2-4-16(15)20-18-21-19(23-26(17)18)25-9-11-29-12-10-25/h5-8,22,24H,2-4,9-12H2,1H3. The van der Waals surface area contributed by atoms with Gasteiger partial charge in [-0.1, -0.05) is 17.7 Å². The van der Waals surface area contributed by atoms with Gasteiger partial charge in [-0.3, -0.25) is 5.43 Å². The molecule has 3 aromatic rings. The van der Waals surface area contributed by atoms with Crippen molar-refractivity contribution in [3.8, 4) is 0 Å². The Morgan fingerprint density at radius 3 is 2.60 bits per heavy atom. The van der Waals surface area contributed by atoms with Crippen molar-refractivity contribution in [1.82, 2.24) is 24.4 Å². The lowest BCUT2D eigenvalue weighted by Crippen LogP contribution is -2.37. The van der Waals surface area contributed by atoms with Crippen LogP contribution in [0.4, 0.5) is 11.8 Å². The molecule has 0 bridgehead atoms. The molecule has 30 heavy (non-hydrogen) atoms. The van der Waals surface area contributed by atoms with E-state index in [0.29, 0.717) is 43.8 Å². The van der Waals surface area contributed by atoms with Gasteiger partial charge >= 0.3 is 0 Å². The predicted molar refractivity (Wildman–Crippen MR) is 111 cm³/mol. The van der Waals surface area contributed by atoms with Gasteiger partial charge in [-0.15, -0.1) is 9.93 Å². The van der Waals surface area contributed by atoms with Crippen molar-refractivity contribution in [2.45, 2.75) is 31.1 Å². The normalized spacial score (nSPS) is 16.8. The minimum Gasteiger partial charge on any atom is -0.378 e. The van der Waals surface area contributed by atoms with Crippen LogP contribution in [0.5, 0.6) is 0 Å². The predicted octanol–water partition coefficient (Wildman–Crippen LogP) is 1.06. The van der Waals surface area contributed by atoms with Crippen molar-refractivity contribution in [1.29, 1.82) is 0 Å². The monoisotopic (exact) mass is 429 g/mol. The van der Waals surface area contributed by atoms with Gasteiger partial charge in [0.2, 0.25) is 5.95 Å². The van der Waals surface area contributed by atoms with Gasteiger partial charge in [0.1, 0.15) is 0 Å². The molecule has 3 heterocycles. The Labute approximate surface area is 174 Å². The van der Waals surface area contributed by atoms with Crippen LogP contribution < -0.4 is 15.2 Å². The molecule has 2 aliphatic rings. The topological polar surface area (TPSA) is 114 Å². The Bertz CT molecular complexity index is 1190. The van der Waals surface area contributed by atoms with E-state index in [-0.39, 0.29) is 4.90 Å².